The molecule has 0 saturated carbocycles. The SMILES string of the molecule is CC(=O)Oc1ccc(COC(=O)NCCCS(=O)(=O)O)cc1.[NaH]. The summed E-state index contributed by atoms with van der Waals surface area (Å²) >= 11 is 0. The van der Waals surface area contributed by atoms with Gasteiger partial charge in [0.2, 0.25) is 0 Å². The summed E-state index contributed by atoms with van der Waals surface area (Å²) in [4.78, 5) is 22.1. The first-order valence-corrected chi connectivity index (χ1v) is 8.00. The van der Waals surface area contributed by atoms with E-state index in [0.29, 0.717) is 11.3 Å². The summed E-state index contributed by atoms with van der Waals surface area (Å²) in [6.07, 6.45) is -0.607. The van der Waals surface area contributed by atoms with Gasteiger partial charge in [-0.1, -0.05) is 12.1 Å². The van der Waals surface area contributed by atoms with Crippen LogP contribution in [0.15, 0.2) is 24.3 Å². The summed E-state index contributed by atoms with van der Waals surface area (Å²) in [5.74, 6) is -0.454. The second-order valence-electron chi connectivity index (χ2n) is 4.38. The van der Waals surface area contributed by atoms with Gasteiger partial charge in [0, 0.05) is 13.5 Å². The van der Waals surface area contributed by atoms with Crippen LogP contribution in [0.1, 0.15) is 18.9 Å². The third-order valence-electron chi connectivity index (χ3n) is 2.40. The Kier molecular flexibility index (Phi) is 10.1. The first-order valence-electron chi connectivity index (χ1n) is 6.39. The third-order valence-corrected chi connectivity index (χ3v) is 3.21. The van der Waals surface area contributed by atoms with Gasteiger partial charge in [-0.2, -0.15) is 8.42 Å². The average Bonchev–Trinajstić information content (AvgIpc) is 2.41. The van der Waals surface area contributed by atoms with Crippen molar-refractivity contribution in [1.82, 2.24) is 5.32 Å². The number of nitrogens with one attached hydrogen (secondary N) is 1. The van der Waals surface area contributed by atoms with Gasteiger partial charge in [-0.25, -0.2) is 4.79 Å². The van der Waals surface area contributed by atoms with E-state index in [-0.39, 0.29) is 49.1 Å². The molecule has 10 heteroatoms. The van der Waals surface area contributed by atoms with Gasteiger partial charge in [-0.15, -0.1) is 0 Å². The molecule has 1 rings (SSSR count). The van der Waals surface area contributed by atoms with Gasteiger partial charge in [0.25, 0.3) is 10.1 Å². The molecule has 0 bridgehead atoms. The van der Waals surface area contributed by atoms with E-state index in [4.69, 9.17) is 14.0 Å². The fraction of sp³-hybridized carbons (Fsp3) is 0.385. The van der Waals surface area contributed by atoms with E-state index in [1.165, 1.54) is 6.92 Å². The van der Waals surface area contributed by atoms with Crippen molar-refractivity contribution >= 4 is 51.7 Å². The zero-order valence-corrected chi connectivity index (χ0v) is 12.8. The molecule has 1 aromatic carbocycles. The summed E-state index contributed by atoms with van der Waals surface area (Å²) in [5.41, 5.74) is 0.698. The predicted octanol–water partition coefficient (Wildman–Crippen LogP) is 0.467. The van der Waals surface area contributed by atoms with Crippen LogP contribution in [0.3, 0.4) is 0 Å². The monoisotopic (exact) mass is 355 g/mol. The molecule has 124 valence electrons. The van der Waals surface area contributed by atoms with Gasteiger partial charge < -0.3 is 14.8 Å². The van der Waals surface area contributed by atoms with E-state index >= 15 is 0 Å². The summed E-state index contributed by atoms with van der Waals surface area (Å²) in [6.45, 7) is 1.39. The number of hydrogen-bond acceptors (Lipinski definition) is 6. The van der Waals surface area contributed by atoms with Crippen LogP contribution in [-0.4, -0.2) is 66.9 Å². The first kappa shape index (κ1) is 21.9. The predicted molar refractivity (Wildman–Crippen MR) is 84.1 cm³/mol. The molecule has 0 fully saturated rings. The van der Waals surface area contributed by atoms with Crippen LogP contribution in [0.5, 0.6) is 5.75 Å². The molecule has 0 radical (unpaired) electrons. The Hall–Kier alpha value is -1.13. The van der Waals surface area contributed by atoms with Crippen molar-refractivity contribution in [2.45, 2.75) is 20.0 Å². The minimum absolute atomic E-state index is 0. The van der Waals surface area contributed by atoms with E-state index in [0.717, 1.165) is 0 Å². The van der Waals surface area contributed by atoms with Gasteiger partial charge in [0.15, 0.2) is 0 Å². The van der Waals surface area contributed by atoms with Gasteiger partial charge in [0.05, 0.1) is 5.75 Å². The van der Waals surface area contributed by atoms with Crippen LogP contribution >= 0.6 is 0 Å². The standard InChI is InChI=1S/C13H17NO7S.Na.H/c1-10(15)21-12-5-3-11(4-6-12)9-20-13(16)14-7-2-8-22(17,18)19;;/h3-6H,2,7-9H2,1H3,(H,14,16)(H,17,18,19);;. The van der Waals surface area contributed by atoms with Crippen LogP contribution in [0.2, 0.25) is 0 Å². The second kappa shape index (κ2) is 10.6. The van der Waals surface area contributed by atoms with Crippen molar-refractivity contribution in [3.8, 4) is 5.75 Å². The van der Waals surface area contributed by atoms with Crippen molar-refractivity contribution in [2.24, 2.45) is 0 Å². The molecule has 1 amide bonds. The molecule has 0 saturated heterocycles. The van der Waals surface area contributed by atoms with E-state index in [1.54, 1.807) is 24.3 Å². The van der Waals surface area contributed by atoms with E-state index in [9.17, 15) is 18.0 Å². The van der Waals surface area contributed by atoms with E-state index in [1.807, 2.05) is 0 Å². The summed E-state index contributed by atoms with van der Waals surface area (Å²) < 4.78 is 39.2. The number of esters is 1. The Labute approximate surface area is 156 Å². The van der Waals surface area contributed by atoms with Crippen molar-refractivity contribution < 1.29 is 32.0 Å². The second-order valence-corrected chi connectivity index (χ2v) is 5.95. The quantitative estimate of drug-likeness (QED) is 0.240. The number of alkyl carbamates (subject to hydrolysis) is 1. The van der Waals surface area contributed by atoms with Crippen molar-refractivity contribution in [1.29, 1.82) is 0 Å². The molecular weight excluding hydrogens is 337 g/mol. The number of amides is 1. The molecule has 8 nitrogen and oxygen atoms in total. The first-order chi connectivity index (χ1) is 10.3. The zero-order valence-electron chi connectivity index (χ0n) is 11.9. The number of benzene rings is 1. The van der Waals surface area contributed by atoms with Gasteiger partial charge >= 0.3 is 41.6 Å². The molecule has 1 aromatic rings. The van der Waals surface area contributed by atoms with Gasteiger partial charge in [-0.3, -0.25) is 9.35 Å². The van der Waals surface area contributed by atoms with Crippen LogP contribution in [0.25, 0.3) is 0 Å². The van der Waals surface area contributed by atoms with Gasteiger partial charge in [0.1, 0.15) is 12.4 Å². The molecular formula is C13H18NNaO7S. The normalized spacial score (nSPS) is 10.3. The van der Waals surface area contributed by atoms with Crippen LogP contribution in [0.4, 0.5) is 4.79 Å². The minimum atomic E-state index is -4.02. The molecule has 0 unspecified atom stereocenters. The molecule has 23 heavy (non-hydrogen) atoms. The third kappa shape index (κ3) is 11.1. The Bertz CT molecular complexity index is 616. The van der Waals surface area contributed by atoms with Gasteiger partial charge in [-0.05, 0) is 24.1 Å². The Morgan fingerprint density at radius 3 is 2.35 bits per heavy atom. The summed E-state index contributed by atoms with van der Waals surface area (Å²) in [5, 5.41) is 2.36. The number of carbonyl (C=O) groups excluding carboxylic acids is 2. The van der Waals surface area contributed by atoms with Crippen LogP contribution in [-0.2, 0) is 26.3 Å². The molecule has 0 aliphatic heterocycles. The van der Waals surface area contributed by atoms with E-state index in [2.05, 4.69) is 5.32 Å². The molecule has 0 heterocycles. The summed E-state index contributed by atoms with van der Waals surface area (Å²) in [7, 11) is -4.02. The Balaban J connectivity index is 0.00000484. The molecule has 0 aromatic heterocycles. The molecule has 0 spiro atoms. The number of hydrogen-bond donors (Lipinski definition) is 2. The van der Waals surface area contributed by atoms with Crippen molar-refractivity contribution in [3.05, 3.63) is 29.8 Å². The van der Waals surface area contributed by atoms with Crippen molar-refractivity contribution in [2.75, 3.05) is 12.3 Å². The van der Waals surface area contributed by atoms with E-state index < -0.39 is 27.9 Å². The zero-order chi connectivity index (χ0) is 16.6. The number of carbonyl (C=O) groups is 2. The fourth-order valence-electron chi connectivity index (χ4n) is 1.46. The summed E-state index contributed by atoms with van der Waals surface area (Å²) in [6, 6.07) is 6.43. The van der Waals surface area contributed by atoms with Crippen LogP contribution in [0, 0.1) is 0 Å². The fourth-order valence-corrected chi connectivity index (χ4v) is 1.97. The van der Waals surface area contributed by atoms with Crippen molar-refractivity contribution in [3.63, 3.8) is 0 Å². The maximum atomic E-state index is 11.3. The Morgan fingerprint density at radius 1 is 1.22 bits per heavy atom. The molecule has 0 aliphatic rings. The number of ether oxygens (including phenoxy) is 2. The molecule has 2 N–H and O–H groups in total. The number of rotatable bonds is 7. The molecule has 0 aliphatic carbocycles. The van der Waals surface area contributed by atoms with Crippen LogP contribution < -0.4 is 10.1 Å². The Morgan fingerprint density at radius 2 is 1.83 bits per heavy atom. The average molecular weight is 355 g/mol. The molecule has 0 atom stereocenters. The maximum absolute atomic E-state index is 11.3. The topological polar surface area (TPSA) is 119 Å².